The van der Waals surface area contributed by atoms with Gasteiger partial charge in [-0.3, -0.25) is 0 Å². The summed E-state index contributed by atoms with van der Waals surface area (Å²) >= 11 is 0. The van der Waals surface area contributed by atoms with Gasteiger partial charge in [0.05, 0.1) is 0 Å². The fourth-order valence-electron chi connectivity index (χ4n) is 3.06. The lowest BCUT2D eigenvalue weighted by Crippen LogP contribution is -2.62. The van der Waals surface area contributed by atoms with Crippen LogP contribution in [-0.4, -0.2) is 53.5 Å². The summed E-state index contributed by atoms with van der Waals surface area (Å²) < 4.78 is 30.4. The van der Waals surface area contributed by atoms with Crippen LogP contribution < -0.4 is 15.6 Å². The standard InChI is InChI=1S/C21H26O6Si3/c1-23-30(24-2,21-16-10-5-11-17-21)27-29(20-14-8-4-9-15-20)26-28(25-18-22)19-12-6-3-7-13-19/h3-17,22,28-29H,18H2,1-2H3. The van der Waals surface area contributed by atoms with E-state index >= 15 is 0 Å². The average molecular weight is 459 g/mol. The molecule has 9 heteroatoms. The molecule has 0 bridgehead atoms. The maximum Gasteiger partial charge on any atom is 0.527 e. The molecule has 0 aliphatic heterocycles. The quantitative estimate of drug-likeness (QED) is 0.331. The third-order valence-corrected chi connectivity index (χ3v) is 13.0. The van der Waals surface area contributed by atoms with Crippen LogP contribution >= 0.6 is 0 Å². The molecule has 0 fully saturated rings. The highest BCUT2D eigenvalue weighted by Gasteiger charge is 2.45. The van der Waals surface area contributed by atoms with Crippen molar-refractivity contribution in [3.63, 3.8) is 0 Å². The van der Waals surface area contributed by atoms with E-state index in [0.717, 1.165) is 15.6 Å². The molecule has 0 aliphatic carbocycles. The van der Waals surface area contributed by atoms with Crippen molar-refractivity contribution in [3.05, 3.63) is 91.0 Å². The first kappa shape index (κ1) is 22.7. The van der Waals surface area contributed by atoms with Crippen LogP contribution in [0.15, 0.2) is 91.0 Å². The zero-order valence-corrected chi connectivity index (χ0v) is 20.3. The summed E-state index contributed by atoms with van der Waals surface area (Å²) in [5, 5.41) is 12.2. The second-order valence-electron chi connectivity index (χ2n) is 6.37. The van der Waals surface area contributed by atoms with E-state index in [9.17, 15) is 5.11 Å². The van der Waals surface area contributed by atoms with Gasteiger partial charge in [-0.25, -0.2) is 0 Å². The van der Waals surface area contributed by atoms with E-state index in [-0.39, 0.29) is 0 Å². The maximum absolute atomic E-state index is 9.45. The molecule has 158 valence electrons. The van der Waals surface area contributed by atoms with Crippen molar-refractivity contribution >= 4 is 42.9 Å². The molecular weight excluding hydrogens is 432 g/mol. The largest absolute Gasteiger partial charge is 0.527 e. The molecule has 30 heavy (non-hydrogen) atoms. The van der Waals surface area contributed by atoms with Gasteiger partial charge in [0.1, 0.15) is 6.79 Å². The Balaban J connectivity index is 1.96. The lowest BCUT2D eigenvalue weighted by Gasteiger charge is -2.32. The Morgan fingerprint density at radius 3 is 1.63 bits per heavy atom. The van der Waals surface area contributed by atoms with Crippen LogP contribution in [0.3, 0.4) is 0 Å². The molecule has 0 saturated carbocycles. The van der Waals surface area contributed by atoms with E-state index < -0.39 is 34.2 Å². The van der Waals surface area contributed by atoms with Crippen molar-refractivity contribution < 1.29 is 26.6 Å². The van der Waals surface area contributed by atoms with Gasteiger partial charge in [-0.05, 0) is 10.4 Å². The Kier molecular flexibility index (Phi) is 8.69. The number of rotatable bonds is 11. The Morgan fingerprint density at radius 1 is 0.700 bits per heavy atom. The first-order chi connectivity index (χ1) is 14.7. The molecule has 0 spiro atoms. The fourth-order valence-corrected chi connectivity index (χ4v) is 11.9. The van der Waals surface area contributed by atoms with E-state index in [1.54, 1.807) is 14.2 Å². The van der Waals surface area contributed by atoms with Crippen molar-refractivity contribution in [2.75, 3.05) is 21.0 Å². The lowest BCUT2D eigenvalue weighted by molar-refractivity contribution is 0.0823. The zero-order valence-electron chi connectivity index (χ0n) is 17.0. The van der Waals surface area contributed by atoms with Gasteiger partial charge >= 0.3 is 27.4 Å². The second-order valence-corrected chi connectivity index (χ2v) is 13.9. The Hall–Kier alpha value is -1.93. The number of aliphatic hydroxyl groups excluding tert-OH is 1. The predicted molar refractivity (Wildman–Crippen MR) is 123 cm³/mol. The molecule has 0 saturated heterocycles. The van der Waals surface area contributed by atoms with E-state index in [1.165, 1.54) is 0 Å². The van der Waals surface area contributed by atoms with Crippen LogP contribution in [0.4, 0.5) is 0 Å². The third kappa shape index (κ3) is 5.60. The molecule has 3 aromatic rings. The summed E-state index contributed by atoms with van der Waals surface area (Å²) in [5.74, 6) is 0. The molecule has 6 nitrogen and oxygen atoms in total. The summed E-state index contributed by atoms with van der Waals surface area (Å²) in [6, 6.07) is 29.1. The summed E-state index contributed by atoms with van der Waals surface area (Å²) in [5.41, 5.74) is 0. The molecule has 0 aliphatic rings. The summed E-state index contributed by atoms with van der Waals surface area (Å²) in [7, 11) is -5.00. The summed E-state index contributed by atoms with van der Waals surface area (Å²) in [6.45, 7) is -0.419. The minimum atomic E-state index is -3.22. The van der Waals surface area contributed by atoms with Gasteiger partial charge in [-0.15, -0.1) is 0 Å². The van der Waals surface area contributed by atoms with Crippen LogP contribution in [0.25, 0.3) is 0 Å². The minimum Gasteiger partial charge on any atom is -0.413 e. The minimum absolute atomic E-state index is 0.419. The monoisotopic (exact) mass is 458 g/mol. The molecular formula is C21H26O6Si3. The van der Waals surface area contributed by atoms with Gasteiger partial charge in [0.25, 0.3) is 0 Å². The third-order valence-electron chi connectivity index (χ3n) is 4.54. The van der Waals surface area contributed by atoms with Crippen LogP contribution in [-0.2, 0) is 21.5 Å². The van der Waals surface area contributed by atoms with E-state index in [2.05, 4.69) is 0 Å². The van der Waals surface area contributed by atoms with Gasteiger partial charge in [-0.2, -0.15) is 0 Å². The molecule has 0 aromatic heterocycles. The molecule has 0 amide bonds. The Labute approximate surface area is 181 Å². The average Bonchev–Trinajstić information content (AvgIpc) is 2.83. The van der Waals surface area contributed by atoms with Gasteiger partial charge in [0.15, 0.2) is 0 Å². The van der Waals surface area contributed by atoms with Gasteiger partial charge < -0.3 is 26.6 Å². The lowest BCUT2D eigenvalue weighted by atomic mass is 10.4. The number of aliphatic hydroxyl groups is 1. The topological polar surface area (TPSA) is 66.4 Å². The smallest absolute Gasteiger partial charge is 0.413 e. The first-order valence-electron chi connectivity index (χ1n) is 9.54. The zero-order chi connectivity index (χ0) is 21.2. The number of benzene rings is 3. The van der Waals surface area contributed by atoms with E-state index in [1.807, 2.05) is 91.0 Å². The van der Waals surface area contributed by atoms with Gasteiger partial charge in [0.2, 0.25) is 0 Å². The fraction of sp³-hybridized carbons (Fsp3) is 0.143. The van der Waals surface area contributed by atoms with E-state index in [0.29, 0.717) is 0 Å². The highest BCUT2D eigenvalue weighted by atomic mass is 28.5. The van der Waals surface area contributed by atoms with E-state index in [4.69, 9.17) is 21.5 Å². The molecule has 0 radical (unpaired) electrons. The molecule has 2 atom stereocenters. The Morgan fingerprint density at radius 2 is 1.17 bits per heavy atom. The van der Waals surface area contributed by atoms with Crippen LogP contribution in [0.2, 0.25) is 0 Å². The highest BCUT2D eigenvalue weighted by molar-refractivity contribution is 6.85. The number of hydrogen-bond acceptors (Lipinski definition) is 6. The summed E-state index contributed by atoms with van der Waals surface area (Å²) in [6.07, 6.45) is 0. The normalized spacial score (nSPS) is 13.7. The van der Waals surface area contributed by atoms with Crippen molar-refractivity contribution in [1.29, 1.82) is 0 Å². The SMILES string of the molecule is CO[Si](OC)(O[SiH](O[SiH](OCO)c1ccccc1)c1ccccc1)c1ccccc1. The first-order valence-corrected chi connectivity index (χ1v) is 14.3. The molecule has 1 N–H and O–H groups in total. The Bertz CT molecular complexity index is 866. The number of hydrogen-bond donors (Lipinski definition) is 1. The molecule has 2 unspecified atom stereocenters. The maximum atomic E-state index is 9.45. The van der Waals surface area contributed by atoms with Crippen LogP contribution in [0, 0.1) is 0 Å². The van der Waals surface area contributed by atoms with Gasteiger partial charge in [-0.1, -0.05) is 91.0 Å². The summed E-state index contributed by atoms with van der Waals surface area (Å²) in [4.78, 5) is 0. The second kappa shape index (κ2) is 11.5. The highest BCUT2D eigenvalue weighted by Crippen LogP contribution is 2.12. The van der Waals surface area contributed by atoms with Crippen LogP contribution in [0.1, 0.15) is 0 Å². The molecule has 3 aromatic carbocycles. The molecule has 0 heterocycles. The van der Waals surface area contributed by atoms with Crippen molar-refractivity contribution in [1.82, 2.24) is 0 Å². The van der Waals surface area contributed by atoms with Crippen molar-refractivity contribution in [2.45, 2.75) is 0 Å². The molecule has 3 rings (SSSR count). The van der Waals surface area contributed by atoms with Crippen molar-refractivity contribution in [2.24, 2.45) is 0 Å². The van der Waals surface area contributed by atoms with Crippen LogP contribution in [0.5, 0.6) is 0 Å². The van der Waals surface area contributed by atoms with Gasteiger partial charge in [0, 0.05) is 19.4 Å². The van der Waals surface area contributed by atoms with Crippen molar-refractivity contribution in [3.8, 4) is 0 Å². The predicted octanol–water partition coefficient (Wildman–Crippen LogP) is 0.380.